The zero-order valence-electron chi connectivity index (χ0n) is 11.3. The van der Waals surface area contributed by atoms with E-state index in [-0.39, 0.29) is 31.6 Å². The number of aliphatic carboxylic acids is 1. The molecular weight excluding hydrogens is 266 g/mol. The lowest BCUT2D eigenvalue weighted by Gasteiger charge is -2.36. The largest absolute Gasteiger partial charge is 0.481 e. The molecule has 2 aliphatic heterocycles. The van der Waals surface area contributed by atoms with Crippen molar-refractivity contribution in [1.82, 2.24) is 9.80 Å². The van der Waals surface area contributed by atoms with Gasteiger partial charge < -0.3 is 25.4 Å². The third kappa shape index (κ3) is 2.69. The van der Waals surface area contributed by atoms with E-state index in [4.69, 9.17) is 15.6 Å². The van der Waals surface area contributed by atoms with Gasteiger partial charge in [-0.05, 0) is 5.92 Å². The second-order valence-corrected chi connectivity index (χ2v) is 5.30. The Morgan fingerprint density at radius 1 is 1.30 bits per heavy atom. The summed E-state index contributed by atoms with van der Waals surface area (Å²) in [7, 11) is 0. The van der Waals surface area contributed by atoms with E-state index >= 15 is 0 Å². The summed E-state index contributed by atoms with van der Waals surface area (Å²) in [6.45, 7) is 3.07. The molecule has 0 radical (unpaired) electrons. The summed E-state index contributed by atoms with van der Waals surface area (Å²) in [5.74, 6) is -2.18. The Morgan fingerprint density at radius 3 is 2.55 bits per heavy atom. The highest BCUT2D eigenvalue weighted by atomic mass is 16.5. The van der Waals surface area contributed by atoms with E-state index in [1.807, 2.05) is 0 Å². The molecule has 0 spiro atoms. The van der Waals surface area contributed by atoms with Crippen molar-refractivity contribution in [2.75, 3.05) is 32.8 Å². The molecule has 8 nitrogen and oxygen atoms in total. The molecule has 8 heteroatoms. The number of hydrogen-bond donors (Lipinski definition) is 2. The second kappa shape index (κ2) is 5.66. The number of primary amides is 1. The highest BCUT2D eigenvalue weighted by molar-refractivity contribution is 5.86. The minimum Gasteiger partial charge on any atom is -0.481 e. The van der Waals surface area contributed by atoms with Crippen LogP contribution in [0.3, 0.4) is 0 Å². The van der Waals surface area contributed by atoms with E-state index in [0.29, 0.717) is 13.2 Å². The summed E-state index contributed by atoms with van der Waals surface area (Å²) in [5, 5.41) is 9.09. The zero-order chi connectivity index (χ0) is 14.9. The van der Waals surface area contributed by atoms with E-state index in [1.54, 1.807) is 6.92 Å². The monoisotopic (exact) mass is 285 g/mol. The van der Waals surface area contributed by atoms with E-state index in [0.717, 1.165) is 0 Å². The maximum absolute atomic E-state index is 12.4. The number of rotatable bonds is 2. The van der Waals surface area contributed by atoms with E-state index in [1.165, 1.54) is 9.80 Å². The first-order valence-electron chi connectivity index (χ1n) is 6.57. The predicted molar refractivity (Wildman–Crippen MR) is 67.8 cm³/mol. The number of hydrogen-bond acceptors (Lipinski definition) is 4. The minimum atomic E-state index is -0.902. The quantitative estimate of drug-likeness (QED) is 0.671. The Bertz CT molecular complexity index is 427. The average molecular weight is 285 g/mol. The first-order valence-corrected chi connectivity index (χ1v) is 6.57. The van der Waals surface area contributed by atoms with Crippen LogP contribution in [0.15, 0.2) is 0 Å². The van der Waals surface area contributed by atoms with Crippen molar-refractivity contribution in [3.63, 3.8) is 0 Å². The standard InChI is InChI=1S/C12H19N3O5/c1-7-4-14(5-8(7)11(17)18)12(19)15-2-3-20-6-9(15)10(13)16/h7-9H,2-6H2,1H3,(H2,13,16)(H,17,18)/t7-,8-,9?/m1/s1. The molecule has 112 valence electrons. The molecule has 3 atom stereocenters. The third-order valence-corrected chi connectivity index (χ3v) is 3.90. The first-order chi connectivity index (χ1) is 9.41. The lowest BCUT2D eigenvalue weighted by molar-refractivity contribution is -0.142. The van der Waals surface area contributed by atoms with Gasteiger partial charge in [-0.15, -0.1) is 0 Å². The summed E-state index contributed by atoms with van der Waals surface area (Å²) in [4.78, 5) is 37.7. The summed E-state index contributed by atoms with van der Waals surface area (Å²) in [6.07, 6.45) is 0. The molecule has 20 heavy (non-hydrogen) atoms. The highest BCUT2D eigenvalue weighted by Gasteiger charge is 2.41. The van der Waals surface area contributed by atoms with E-state index in [2.05, 4.69) is 0 Å². The van der Waals surface area contributed by atoms with Crippen molar-refractivity contribution in [1.29, 1.82) is 0 Å². The number of amides is 3. The summed E-state index contributed by atoms with van der Waals surface area (Å²) < 4.78 is 5.16. The second-order valence-electron chi connectivity index (χ2n) is 5.30. The van der Waals surface area contributed by atoms with Gasteiger partial charge in [0.15, 0.2) is 0 Å². The van der Waals surface area contributed by atoms with Gasteiger partial charge in [0.25, 0.3) is 0 Å². The van der Waals surface area contributed by atoms with Crippen LogP contribution in [0, 0.1) is 11.8 Å². The van der Waals surface area contributed by atoms with Gasteiger partial charge in [0, 0.05) is 19.6 Å². The number of carbonyl (C=O) groups excluding carboxylic acids is 2. The average Bonchev–Trinajstić information content (AvgIpc) is 2.80. The van der Waals surface area contributed by atoms with Crippen LogP contribution in [-0.4, -0.2) is 71.7 Å². The Morgan fingerprint density at radius 2 is 2.00 bits per heavy atom. The topological polar surface area (TPSA) is 113 Å². The number of carboxylic acid groups (broad SMARTS) is 1. The van der Waals surface area contributed by atoms with Gasteiger partial charge in [-0.2, -0.15) is 0 Å². The number of nitrogens with two attached hydrogens (primary N) is 1. The van der Waals surface area contributed by atoms with Crippen molar-refractivity contribution in [2.24, 2.45) is 17.6 Å². The van der Waals surface area contributed by atoms with Gasteiger partial charge in [-0.25, -0.2) is 4.79 Å². The Balaban J connectivity index is 2.07. The van der Waals surface area contributed by atoms with E-state index in [9.17, 15) is 14.4 Å². The van der Waals surface area contributed by atoms with Crippen molar-refractivity contribution < 1.29 is 24.2 Å². The third-order valence-electron chi connectivity index (χ3n) is 3.90. The van der Waals surface area contributed by atoms with Gasteiger partial charge in [-0.1, -0.05) is 6.92 Å². The smallest absolute Gasteiger partial charge is 0.320 e. The van der Waals surface area contributed by atoms with Gasteiger partial charge in [0.05, 0.1) is 19.1 Å². The molecule has 2 heterocycles. The Hall–Kier alpha value is -1.83. The molecule has 2 fully saturated rings. The van der Waals surface area contributed by atoms with Gasteiger partial charge in [0.1, 0.15) is 6.04 Å². The molecule has 3 amide bonds. The van der Waals surface area contributed by atoms with Crippen LogP contribution < -0.4 is 5.73 Å². The van der Waals surface area contributed by atoms with Gasteiger partial charge in [-0.3, -0.25) is 9.59 Å². The van der Waals surface area contributed by atoms with Crippen LogP contribution in [0.5, 0.6) is 0 Å². The van der Waals surface area contributed by atoms with Crippen molar-refractivity contribution in [3.05, 3.63) is 0 Å². The van der Waals surface area contributed by atoms with Crippen LogP contribution in [0.2, 0.25) is 0 Å². The number of carbonyl (C=O) groups is 3. The molecule has 1 unspecified atom stereocenters. The lowest BCUT2D eigenvalue weighted by Crippen LogP contribution is -2.57. The van der Waals surface area contributed by atoms with Crippen LogP contribution in [-0.2, 0) is 14.3 Å². The maximum atomic E-state index is 12.4. The molecular formula is C12H19N3O5. The fourth-order valence-electron chi connectivity index (χ4n) is 2.69. The van der Waals surface area contributed by atoms with E-state index < -0.39 is 23.8 Å². The molecule has 0 aromatic rings. The van der Waals surface area contributed by atoms with Crippen molar-refractivity contribution >= 4 is 17.9 Å². The molecule has 0 saturated carbocycles. The molecule has 0 aromatic carbocycles. The predicted octanol–water partition coefficient (Wildman–Crippen LogP) is -1.05. The van der Waals surface area contributed by atoms with Crippen LogP contribution in [0.4, 0.5) is 4.79 Å². The molecule has 3 N–H and O–H groups in total. The molecule has 0 aromatic heterocycles. The fourth-order valence-corrected chi connectivity index (χ4v) is 2.69. The SMILES string of the molecule is C[C@@H]1CN(C(=O)N2CCOCC2C(N)=O)C[C@H]1C(=O)O. The number of ether oxygens (including phenoxy) is 1. The fraction of sp³-hybridized carbons (Fsp3) is 0.750. The molecule has 2 aliphatic rings. The number of nitrogens with zero attached hydrogens (tertiary/aromatic N) is 2. The number of likely N-dealkylation sites (tertiary alicyclic amines) is 1. The molecule has 0 bridgehead atoms. The van der Waals surface area contributed by atoms with Crippen LogP contribution >= 0.6 is 0 Å². The number of urea groups is 1. The maximum Gasteiger partial charge on any atom is 0.320 e. The summed E-state index contributed by atoms with van der Waals surface area (Å²) >= 11 is 0. The van der Waals surface area contributed by atoms with Crippen molar-refractivity contribution in [3.8, 4) is 0 Å². The molecule has 0 aliphatic carbocycles. The van der Waals surface area contributed by atoms with Crippen LogP contribution in [0.1, 0.15) is 6.92 Å². The minimum absolute atomic E-state index is 0.0901. The first kappa shape index (κ1) is 14.6. The summed E-state index contributed by atoms with van der Waals surface area (Å²) in [5.41, 5.74) is 5.27. The molecule has 2 saturated heterocycles. The Labute approximate surface area is 116 Å². The summed E-state index contributed by atoms with van der Waals surface area (Å²) in [6, 6.07) is -1.12. The lowest BCUT2D eigenvalue weighted by atomic mass is 9.99. The van der Waals surface area contributed by atoms with Crippen molar-refractivity contribution in [2.45, 2.75) is 13.0 Å². The highest BCUT2D eigenvalue weighted by Crippen LogP contribution is 2.25. The molecule has 2 rings (SSSR count). The zero-order valence-corrected chi connectivity index (χ0v) is 11.3. The number of morpholine rings is 1. The normalized spacial score (nSPS) is 30.4. The van der Waals surface area contributed by atoms with Gasteiger partial charge >= 0.3 is 12.0 Å². The van der Waals surface area contributed by atoms with Gasteiger partial charge in [0.2, 0.25) is 5.91 Å². The number of carboxylic acids is 1. The van der Waals surface area contributed by atoms with Crippen LogP contribution in [0.25, 0.3) is 0 Å². The Kier molecular flexibility index (Phi) is 4.12.